The van der Waals surface area contributed by atoms with E-state index >= 15 is 0 Å². The molecule has 9 heteroatoms. The molecule has 178 valence electrons. The second kappa shape index (κ2) is 11.6. The molecule has 1 amide bonds. The Morgan fingerprint density at radius 2 is 1.82 bits per heavy atom. The third-order valence-corrected chi connectivity index (χ3v) is 7.89. The monoisotopic (exact) mass is 492 g/mol. The van der Waals surface area contributed by atoms with Gasteiger partial charge in [0, 0.05) is 24.5 Å². The number of hydrogen-bond acceptors (Lipinski definition) is 5. The lowest BCUT2D eigenvalue weighted by Crippen LogP contribution is -2.48. The Labute approximate surface area is 200 Å². The van der Waals surface area contributed by atoms with E-state index in [0.717, 1.165) is 24.0 Å². The summed E-state index contributed by atoms with van der Waals surface area (Å²) in [4.78, 5) is 24.4. The van der Waals surface area contributed by atoms with Crippen molar-refractivity contribution < 1.29 is 22.7 Å². The molecule has 2 aromatic carbocycles. The highest BCUT2D eigenvalue weighted by Crippen LogP contribution is 2.27. The third-order valence-electron chi connectivity index (χ3n) is 5.77. The quantitative estimate of drug-likeness (QED) is 0.539. The van der Waals surface area contributed by atoms with Crippen LogP contribution in [0.2, 0.25) is 5.02 Å². The van der Waals surface area contributed by atoms with Crippen LogP contribution in [0.25, 0.3) is 0 Å². The van der Waals surface area contributed by atoms with Crippen LogP contribution in [-0.2, 0) is 37.3 Å². The summed E-state index contributed by atoms with van der Waals surface area (Å²) in [6, 6.07) is 12.7. The van der Waals surface area contributed by atoms with Gasteiger partial charge >= 0.3 is 5.97 Å². The van der Waals surface area contributed by atoms with E-state index in [4.69, 9.17) is 16.3 Å². The maximum atomic E-state index is 13.7. The molecule has 1 heterocycles. The molecule has 1 N–H and O–H groups in total. The smallest absolute Gasteiger partial charge is 0.305 e. The zero-order chi connectivity index (χ0) is 23.8. The summed E-state index contributed by atoms with van der Waals surface area (Å²) in [5.41, 5.74) is 1.74. The first kappa shape index (κ1) is 25.2. The normalized spacial score (nSPS) is 16.8. The Morgan fingerprint density at radius 3 is 2.52 bits per heavy atom. The zero-order valence-electron chi connectivity index (χ0n) is 18.6. The van der Waals surface area contributed by atoms with E-state index in [-0.39, 0.29) is 29.7 Å². The number of benzene rings is 2. The van der Waals surface area contributed by atoms with Gasteiger partial charge in [-0.1, -0.05) is 35.9 Å². The number of methoxy groups -OCH3 is 1. The molecular formula is C24H29ClN2O5S. The summed E-state index contributed by atoms with van der Waals surface area (Å²) in [6.07, 6.45) is 3.46. The molecule has 1 atom stereocenters. The van der Waals surface area contributed by atoms with Gasteiger partial charge in [0.1, 0.15) is 6.04 Å². The molecule has 1 aliphatic rings. The highest BCUT2D eigenvalue weighted by atomic mass is 35.5. The lowest BCUT2D eigenvalue weighted by Gasteiger charge is -2.30. The first-order valence-corrected chi connectivity index (χ1v) is 12.8. The lowest BCUT2D eigenvalue weighted by atomic mass is 10.0. The predicted octanol–water partition coefficient (Wildman–Crippen LogP) is 3.70. The Balaban J connectivity index is 1.95. The molecule has 0 aliphatic carbocycles. The molecule has 0 spiro atoms. The molecule has 1 unspecified atom stereocenters. The van der Waals surface area contributed by atoms with Crippen LogP contribution >= 0.6 is 11.6 Å². The van der Waals surface area contributed by atoms with E-state index in [1.807, 2.05) is 24.3 Å². The summed E-state index contributed by atoms with van der Waals surface area (Å²) < 4.78 is 33.4. The summed E-state index contributed by atoms with van der Waals surface area (Å²) in [7, 11) is -2.62. The average Bonchev–Trinajstić information content (AvgIpc) is 3.02. The number of sulfonamides is 1. The van der Waals surface area contributed by atoms with Gasteiger partial charge in [-0.15, -0.1) is 0 Å². The van der Waals surface area contributed by atoms with Crippen LogP contribution in [0.3, 0.4) is 0 Å². The molecule has 0 radical (unpaired) electrons. The van der Waals surface area contributed by atoms with Crippen LogP contribution < -0.4 is 5.32 Å². The number of rotatable bonds is 9. The SMILES string of the molecule is COC(=O)CCCc1ccccc1CN(C1CCCCNC1=O)S(=O)(=O)c1ccc(Cl)cc1. The molecule has 3 rings (SSSR count). The third kappa shape index (κ3) is 6.56. The molecular weight excluding hydrogens is 464 g/mol. The van der Waals surface area contributed by atoms with Gasteiger partial charge in [-0.05, 0) is 67.5 Å². The van der Waals surface area contributed by atoms with Crippen LogP contribution in [-0.4, -0.2) is 44.3 Å². The van der Waals surface area contributed by atoms with E-state index in [0.29, 0.717) is 30.8 Å². The summed E-state index contributed by atoms with van der Waals surface area (Å²) >= 11 is 5.96. The van der Waals surface area contributed by atoms with Crippen molar-refractivity contribution in [3.05, 3.63) is 64.7 Å². The van der Waals surface area contributed by atoms with Gasteiger partial charge in [-0.3, -0.25) is 9.59 Å². The van der Waals surface area contributed by atoms with Crippen molar-refractivity contribution >= 4 is 33.5 Å². The van der Waals surface area contributed by atoms with Gasteiger partial charge in [0.05, 0.1) is 12.0 Å². The van der Waals surface area contributed by atoms with Crippen molar-refractivity contribution in [2.24, 2.45) is 0 Å². The van der Waals surface area contributed by atoms with Crippen molar-refractivity contribution in [3.8, 4) is 0 Å². The van der Waals surface area contributed by atoms with E-state index in [9.17, 15) is 18.0 Å². The number of hydrogen-bond donors (Lipinski definition) is 1. The fourth-order valence-electron chi connectivity index (χ4n) is 3.95. The molecule has 1 aliphatic heterocycles. The molecule has 1 fully saturated rings. The van der Waals surface area contributed by atoms with E-state index in [2.05, 4.69) is 5.32 Å². The minimum absolute atomic E-state index is 0.0530. The minimum atomic E-state index is -3.98. The van der Waals surface area contributed by atoms with Gasteiger partial charge in [0.25, 0.3) is 0 Å². The Kier molecular flexibility index (Phi) is 8.88. The zero-order valence-corrected chi connectivity index (χ0v) is 20.2. The number of carbonyl (C=O) groups is 2. The highest BCUT2D eigenvalue weighted by Gasteiger charge is 2.36. The number of nitrogens with one attached hydrogen (secondary N) is 1. The molecule has 1 saturated heterocycles. The number of carbonyl (C=O) groups excluding carboxylic acids is 2. The van der Waals surface area contributed by atoms with Crippen LogP contribution in [0.1, 0.15) is 43.2 Å². The standard InChI is InChI=1S/C24H29ClN2O5S/c1-32-23(28)11-6-9-18-7-2-3-8-19(18)17-27(22-10-4-5-16-26-24(22)29)33(30,31)21-14-12-20(25)13-15-21/h2-3,7-8,12-15,22H,4-6,9-11,16-17H2,1H3,(H,26,29). The minimum Gasteiger partial charge on any atom is -0.469 e. The molecule has 33 heavy (non-hydrogen) atoms. The van der Waals surface area contributed by atoms with Gasteiger partial charge in [-0.2, -0.15) is 4.31 Å². The fourth-order valence-corrected chi connectivity index (χ4v) is 5.67. The average molecular weight is 493 g/mol. The molecule has 0 bridgehead atoms. The van der Waals surface area contributed by atoms with E-state index in [1.165, 1.54) is 35.7 Å². The van der Waals surface area contributed by atoms with E-state index < -0.39 is 16.1 Å². The second-order valence-corrected chi connectivity index (χ2v) is 10.3. The molecule has 0 aromatic heterocycles. The Bertz CT molecular complexity index is 1070. The maximum Gasteiger partial charge on any atom is 0.305 e. The number of ether oxygens (including phenoxy) is 1. The summed E-state index contributed by atoms with van der Waals surface area (Å²) in [6.45, 7) is 0.589. The Morgan fingerprint density at radius 1 is 1.12 bits per heavy atom. The van der Waals surface area contributed by atoms with E-state index in [1.54, 1.807) is 0 Å². The van der Waals surface area contributed by atoms with Crippen molar-refractivity contribution in [2.45, 2.75) is 56.0 Å². The fraction of sp³-hybridized carbons (Fsp3) is 0.417. The van der Waals surface area contributed by atoms with Crippen molar-refractivity contribution in [1.29, 1.82) is 0 Å². The number of nitrogens with zero attached hydrogens (tertiary/aromatic N) is 1. The summed E-state index contributed by atoms with van der Waals surface area (Å²) in [5, 5.41) is 3.28. The number of amides is 1. The molecule has 0 saturated carbocycles. The van der Waals surface area contributed by atoms with Crippen LogP contribution in [0.4, 0.5) is 0 Å². The maximum absolute atomic E-state index is 13.7. The lowest BCUT2D eigenvalue weighted by molar-refractivity contribution is -0.140. The van der Waals surface area contributed by atoms with Crippen LogP contribution in [0.5, 0.6) is 0 Å². The second-order valence-electron chi connectivity index (χ2n) is 8.01. The van der Waals surface area contributed by atoms with Crippen molar-refractivity contribution in [1.82, 2.24) is 9.62 Å². The van der Waals surface area contributed by atoms with Gasteiger partial charge < -0.3 is 10.1 Å². The van der Waals surface area contributed by atoms with Gasteiger partial charge in [0.15, 0.2) is 0 Å². The molecule has 2 aromatic rings. The number of esters is 1. The predicted molar refractivity (Wildman–Crippen MR) is 126 cm³/mol. The first-order valence-electron chi connectivity index (χ1n) is 11.0. The first-order chi connectivity index (χ1) is 15.8. The topological polar surface area (TPSA) is 92.8 Å². The van der Waals surface area contributed by atoms with Gasteiger partial charge in [0.2, 0.25) is 15.9 Å². The van der Waals surface area contributed by atoms with Crippen LogP contribution in [0, 0.1) is 0 Å². The van der Waals surface area contributed by atoms with Crippen molar-refractivity contribution in [2.75, 3.05) is 13.7 Å². The highest BCUT2D eigenvalue weighted by molar-refractivity contribution is 7.89. The molecule has 7 nitrogen and oxygen atoms in total. The number of halogens is 1. The summed E-state index contributed by atoms with van der Waals surface area (Å²) in [5.74, 6) is -0.567. The van der Waals surface area contributed by atoms with Crippen molar-refractivity contribution in [3.63, 3.8) is 0 Å². The Hall–Kier alpha value is -2.42. The van der Waals surface area contributed by atoms with Crippen LogP contribution in [0.15, 0.2) is 53.4 Å². The largest absolute Gasteiger partial charge is 0.469 e. The number of aryl methyl sites for hydroxylation is 1. The van der Waals surface area contributed by atoms with Gasteiger partial charge in [-0.25, -0.2) is 8.42 Å².